The van der Waals surface area contributed by atoms with E-state index in [0.29, 0.717) is 0 Å². The summed E-state index contributed by atoms with van der Waals surface area (Å²) >= 11 is 5.85. The number of oxazole rings is 1. The monoisotopic (exact) mass is 377 g/mol. The fourth-order valence-corrected chi connectivity index (χ4v) is 2.64. The molecule has 0 aliphatic carbocycles. The minimum absolute atomic E-state index is 0.0237. The van der Waals surface area contributed by atoms with Crippen molar-refractivity contribution >= 4 is 22.7 Å². The van der Waals surface area contributed by atoms with Gasteiger partial charge in [0.05, 0.1) is 5.02 Å². The largest absolute Gasteiger partial charge is 0.439 e. The van der Waals surface area contributed by atoms with Crippen LogP contribution in [-0.4, -0.2) is 14.1 Å². The van der Waals surface area contributed by atoms with Crippen LogP contribution in [0.3, 0.4) is 0 Å². The average molecular weight is 378 g/mol. The van der Waals surface area contributed by atoms with E-state index in [2.05, 4.69) is 4.98 Å². The van der Waals surface area contributed by atoms with Crippen molar-refractivity contribution in [2.75, 3.05) is 0 Å². The Hall–Kier alpha value is -2.62. The topological polar surface area (TPSA) is 70.0 Å². The molecule has 0 amide bonds. The SMILES string of the molecule is Cc1nc2c(Cl)cc(F)c(-n3c(=O)cc(C(F)(F)F)n(C)c3=O)c2o1. The third kappa shape index (κ3) is 2.62. The van der Waals surface area contributed by atoms with Gasteiger partial charge < -0.3 is 4.42 Å². The molecule has 0 spiro atoms. The van der Waals surface area contributed by atoms with Crippen molar-refractivity contribution in [2.45, 2.75) is 13.1 Å². The third-order valence-corrected chi connectivity index (χ3v) is 3.78. The lowest BCUT2D eigenvalue weighted by Crippen LogP contribution is -2.41. The molecule has 1 aromatic carbocycles. The van der Waals surface area contributed by atoms with Gasteiger partial charge in [0.1, 0.15) is 16.9 Å². The average Bonchev–Trinajstić information content (AvgIpc) is 2.87. The number of aromatic nitrogens is 3. The van der Waals surface area contributed by atoms with Gasteiger partial charge in [0.25, 0.3) is 5.56 Å². The molecule has 132 valence electrons. The maximum Gasteiger partial charge on any atom is 0.431 e. The summed E-state index contributed by atoms with van der Waals surface area (Å²) in [5, 5.41) is -0.134. The highest BCUT2D eigenvalue weighted by Gasteiger charge is 2.35. The van der Waals surface area contributed by atoms with Crippen LogP contribution < -0.4 is 11.2 Å². The molecule has 0 radical (unpaired) electrons. The first-order valence-corrected chi connectivity index (χ1v) is 7.06. The fourth-order valence-electron chi connectivity index (χ4n) is 2.42. The predicted octanol–water partition coefficient (Wildman–Crippen LogP) is 2.80. The standard InChI is InChI=1S/C14H8ClF4N3O3/c1-5-20-10-6(15)3-7(16)11(12(10)25-5)22-9(23)4-8(14(17,18)19)21(2)13(22)24/h3-4H,1-2H3. The first-order chi connectivity index (χ1) is 11.5. The summed E-state index contributed by atoms with van der Waals surface area (Å²) < 4.78 is 58.7. The summed E-state index contributed by atoms with van der Waals surface area (Å²) in [6.07, 6.45) is -4.93. The third-order valence-electron chi connectivity index (χ3n) is 3.49. The van der Waals surface area contributed by atoms with Crippen molar-refractivity contribution in [3.63, 3.8) is 0 Å². The second-order valence-electron chi connectivity index (χ2n) is 5.14. The highest BCUT2D eigenvalue weighted by Crippen LogP contribution is 2.31. The van der Waals surface area contributed by atoms with E-state index in [1.165, 1.54) is 6.92 Å². The molecule has 11 heteroatoms. The Kier molecular flexibility index (Phi) is 3.75. The van der Waals surface area contributed by atoms with E-state index >= 15 is 0 Å². The summed E-state index contributed by atoms with van der Waals surface area (Å²) in [6, 6.07) is 0.995. The van der Waals surface area contributed by atoms with E-state index < -0.39 is 34.6 Å². The number of nitrogens with zero attached hydrogens (tertiary/aromatic N) is 3. The fraction of sp³-hybridized carbons (Fsp3) is 0.214. The Bertz CT molecular complexity index is 1130. The number of alkyl halides is 3. The predicted molar refractivity (Wildman–Crippen MR) is 79.6 cm³/mol. The molecule has 3 aromatic rings. The Balaban J connectivity index is 2.48. The minimum atomic E-state index is -4.93. The number of rotatable bonds is 1. The highest BCUT2D eigenvalue weighted by molar-refractivity contribution is 6.35. The molecule has 3 rings (SSSR count). The first kappa shape index (κ1) is 17.2. The molecule has 0 aliphatic rings. The van der Waals surface area contributed by atoms with Gasteiger partial charge in [0, 0.05) is 20.0 Å². The molecule has 0 N–H and O–H groups in total. The second kappa shape index (κ2) is 5.45. The Morgan fingerprint density at radius 2 is 1.88 bits per heavy atom. The number of halogens is 5. The Morgan fingerprint density at radius 3 is 2.48 bits per heavy atom. The lowest BCUT2D eigenvalue weighted by molar-refractivity contribution is -0.144. The van der Waals surface area contributed by atoms with Crippen molar-refractivity contribution < 1.29 is 22.0 Å². The molecule has 0 fully saturated rings. The van der Waals surface area contributed by atoms with Gasteiger partial charge in [-0.3, -0.25) is 9.36 Å². The molecule has 0 aliphatic heterocycles. The quantitative estimate of drug-likeness (QED) is 0.611. The number of hydrogen-bond acceptors (Lipinski definition) is 4. The summed E-state index contributed by atoms with van der Waals surface area (Å²) in [6.45, 7) is 1.42. The van der Waals surface area contributed by atoms with Crippen LogP contribution in [0.15, 0.2) is 26.1 Å². The van der Waals surface area contributed by atoms with Crippen LogP contribution in [0.25, 0.3) is 16.8 Å². The van der Waals surface area contributed by atoms with Crippen molar-refractivity contribution in [1.82, 2.24) is 14.1 Å². The van der Waals surface area contributed by atoms with Crippen LogP contribution >= 0.6 is 11.6 Å². The van der Waals surface area contributed by atoms with Gasteiger partial charge in [-0.1, -0.05) is 11.6 Å². The lowest BCUT2D eigenvalue weighted by Gasteiger charge is -2.14. The molecule has 2 heterocycles. The van der Waals surface area contributed by atoms with Crippen molar-refractivity contribution in [3.05, 3.63) is 55.4 Å². The van der Waals surface area contributed by atoms with Crippen LogP contribution in [0.4, 0.5) is 17.6 Å². The summed E-state index contributed by atoms with van der Waals surface area (Å²) in [7, 11) is 0.817. The number of benzene rings is 1. The van der Waals surface area contributed by atoms with Gasteiger partial charge >= 0.3 is 11.9 Å². The molecule has 0 saturated carbocycles. The number of fused-ring (bicyclic) bond motifs is 1. The van der Waals surface area contributed by atoms with Gasteiger partial charge in [0.15, 0.2) is 17.3 Å². The van der Waals surface area contributed by atoms with Gasteiger partial charge in [-0.2, -0.15) is 13.2 Å². The van der Waals surface area contributed by atoms with E-state index in [1.807, 2.05) is 0 Å². The molecule has 0 atom stereocenters. The van der Waals surface area contributed by atoms with Crippen molar-refractivity contribution in [3.8, 4) is 5.69 Å². The molecular weight excluding hydrogens is 370 g/mol. The van der Waals surface area contributed by atoms with Gasteiger partial charge in [0.2, 0.25) is 0 Å². The van der Waals surface area contributed by atoms with Crippen molar-refractivity contribution in [2.24, 2.45) is 7.05 Å². The molecule has 6 nitrogen and oxygen atoms in total. The minimum Gasteiger partial charge on any atom is -0.439 e. The highest BCUT2D eigenvalue weighted by atomic mass is 35.5. The Morgan fingerprint density at radius 1 is 1.24 bits per heavy atom. The maximum absolute atomic E-state index is 14.4. The molecule has 0 unspecified atom stereocenters. The summed E-state index contributed by atoms with van der Waals surface area (Å²) in [5.41, 5.74) is -5.22. The Labute approximate surface area is 140 Å². The van der Waals surface area contributed by atoms with Crippen LogP contribution in [0.1, 0.15) is 11.6 Å². The lowest BCUT2D eigenvalue weighted by atomic mass is 10.2. The van der Waals surface area contributed by atoms with E-state index in [9.17, 15) is 27.2 Å². The molecule has 25 heavy (non-hydrogen) atoms. The first-order valence-electron chi connectivity index (χ1n) is 6.68. The maximum atomic E-state index is 14.4. The van der Waals surface area contributed by atoms with E-state index in [4.69, 9.17) is 16.0 Å². The normalized spacial score (nSPS) is 12.1. The molecule has 0 saturated heterocycles. The van der Waals surface area contributed by atoms with Gasteiger partial charge in [-0.05, 0) is 6.07 Å². The van der Waals surface area contributed by atoms with Crippen LogP contribution in [0.2, 0.25) is 5.02 Å². The smallest absolute Gasteiger partial charge is 0.431 e. The van der Waals surface area contributed by atoms with Crippen LogP contribution in [-0.2, 0) is 13.2 Å². The van der Waals surface area contributed by atoms with Crippen molar-refractivity contribution in [1.29, 1.82) is 0 Å². The van der Waals surface area contributed by atoms with E-state index in [0.717, 1.165) is 13.1 Å². The van der Waals surface area contributed by atoms with Gasteiger partial charge in [-0.25, -0.2) is 18.7 Å². The van der Waals surface area contributed by atoms with E-state index in [1.54, 1.807) is 0 Å². The van der Waals surface area contributed by atoms with Gasteiger partial charge in [-0.15, -0.1) is 0 Å². The zero-order valence-electron chi connectivity index (χ0n) is 12.6. The molecule has 2 aromatic heterocycles. The second-order valence-corrected chi connectivity index (χ2v) is 5.55. The van der Waals surface area contributed by atoms with Crippen LogP contribution in [0.5, 0.6) is 0 Å². The summed E-state index contributed by atoms with van der Waals surface area (Å²) in [5.74, 6) is -1.05. The zero-order chi connectivity index (χ0) is 18.7. The van der Waals surface area contributed by atoms with E-state index in [-0.39, 0.29) is 37.2 Å². The molecule has 0 bridgehead atoms. The number of aryl methyl sites for hydroxylation is 1. The zero-order valence-corrected chi connectivity index (χ0v) is 13.4. The summed E-state index contributed by atoms with van der Waals surface area (Å²) in [4.78, 5) is 28.4. The number of hydrogen-bond donors (Lipinski definition) is 0. The van der Waals surface area contributed by atoms with Crippen LogP contribution in [0, 0.1) is 12.7 Å². The molecular formula is C14H8ClF4N3O3.